The highest BCUT2D eigenvalue weighted by molar-refractivity contribution is 6.51. The Labute approximate surface area is 180 Å². The molecular formula is C26H22FNO3. The number of nitrogens with zero attached hydrogens (tertiary/aromatic N) is 1. The Morgan fingerprint density at radius 1 is 0.903 bits per heavy atom. The van der Waals surface area contributed by atoms with Gasteiger partial charge < -0.3 is 5.11 Å². The van der Waals surface area contributed by atoms with Crippen LogP contribution >= 0.6 is 0 Å². The van der Waals surface area contributed by atoms with E-state index < -0.39 is 23.5 Å². The van der Waals surface area contributed by atoms with E-state index in [1.807, 2.05) is 57.2 Å². The van der Waals surface area contributed by atoms with Gasteiger partial charge in [0.25, 0.3) is 11.7 Å². The third-order valence-electron chi connectivity index (χ3n) is 5.66. The topological polar surface area (TPSA) is 57.6 Å². The van der Waals surface area contributed by atoms with Crippen LogP contribution in [0.25, 0.3) is 5.76 Å². The van der Waals surface area contributed by atoms with Crippen LogP contribution in [0.15, 0.2) is 72.3 Å². The molecule has 0 aromatic heterocycles. The van der Waals surface area contributed by atoms with Gasteiger partial charge in [0.2, 0.25) is 0 Å². The normalized spacial score (nSPS) is 17.9. The van der Waals surface area contributed by atoms with Crippen molar-refractivity contribution in [3.63, 3.8) is 0 Å². The average Bonchev–Trinajstić information content (AvgIpc) is 3.00. The van der Waals surface area contributed by atoms with E-state index in [9.17, 15) is 19.1 Å². The smallest absolute Gasteiger partial charge is 0.300 e. The van der Waals surface area contributed by atoms with Crippen molar-refractivity contribution in [2.24, 2.45) is 0 Å². The van der Waals surface area contributed by atoms with Crippen LogP contribution < -0.4 is 4.90 Å². The van der Waals surface area contributed by atoms with Crippen molar-refractivity contribution in [1.82, 2.24) is 0 Å². The third kappa shape index (κ3) is 3.52. The monoisotopic (exact) mass is 415 g/mol. The van der Waals surface area contributed by atoms with Crippen molar-refractivity contribution in [3.05, 3.63) is 106 Å². The fraction of sp³-hybridized carbons (Fsp3) is 0.154. The van der Waals surface area contributed by atoms with Gasteiger partial charge in [0.05, 0.1) is 11.6 Å². The Kier molecular flexibility index (Phi) is 5.19. The van der Waals surface area contributed by atoms with E-state index in [0.29, 0.717) is 11.1 Å². The van der Waals surface area contributed by atoms with Crippen LogP contribution in [0.2, 0.25) is 0 Å². The maximum Gasteiger partial charge on any atom is 0.300 e. The summed E-state index contributed by atoms with van der Waals surface area (Å²) in [6.45, 7) is 5.60. The molecule has 1 amide bonds. The van der Waals surface area contributed by atoms with Gasteiger partial charge in [-0.15, -0.1) is 0 Å². The van der Waals surface area contributed by atoms with Crippen molar-refractivity contribution < 1.29 is 19.1 Å². The summed E-state index contributed by atoms with van der Waals surface area (Å²) in [4.78, 5) is 27.6. The maximum absolute atomic E-state index is 14.0. The largest absolute Gasteiger partial charge is 0.507 e. The summed E-state index contributed by atoms with van der Waals surface area (Å²) in [5, 5.41) is 11.3. The number of rotatable bonds is 3. The summed E-state index contributed by atoms with van der Waals surface area (Å²) in [7, 11) is 0. The molecule has 1 aliphatic rings. The Morgan fingerprint density at radius 2 is 1.65 bits per heavy atom. The van der Waals surface area contributed by atoms with Crippen LogP contribution in [-0.2, 0) is 9.59 Å². The van der Waals surface area contributed by atoms with Gasteiger partial charge in [0.15, 0.2) is 0 Å². The van der Waals surface area contributed by atoms with Gasteiger partial charge >= 0.3 is 0 Å². The lowest BCUT2D eigenvalue weighted by Gasteiger charge is -2.26. The second-order valence-electron chi connectivity index (χ2n) is 7.82. The first-order chi connectivity index (χ1) is 14.8. The van der Waals surface area contributed by atoms with E-state index in [0.717, 1.165) is 16.7 Å². The number of hydrogen-bond donors (Lipinski definition) is 1. The Morgan fingerprint density at radius 3 is 2.35 bits per heavy atom. The van der Waals surface area contributed by atoms with Crippen molar-refractivity contribution in [2.45, 2.75) is 26.8 Å². The molecule has 1 fully saturated rings. The Balaban J connectivity index is 2.02. The molecule has 4 nitrogen and oxygen atoms in total. The number of aryl methyl sites for hydroxylation is 3. The summed E-state index contributed by atoms with van der Waals surface area (Å²) in [6, 6.07) is 17.6. The van der Waals surface area contributed by atoms with Crippen LogP contribution in [0.3, 0.4) is 0 Å². The summed E-state index contributed by atoms with van der Waals surface area (Å²) in [5.41, 5.74) is 3.99. The highest BCUT2D eigenvalue weighted by atomic mass is 19.1. The minimum Gasteiger partial charge on any atom is -0.507 e. The van der Waals surface area contributed by atoms with Crippen LogP contribution in [0.4, 0.5) is 10.1 Å². The third-order valence-corrected chi connectivity index (χ3v) is 5.66. The van der Waals surface area contributed by atoms with Gasteiger partial charge in [-0.25, -0.2) is 4.39 Å². The van der Waals surface area contributed by atoms with Crippen LogP contribution in [-0.4, -0.2) is 16.8 Å². The van der Waals surface area contributed by atoms with Crippen molar-refractivity contribution >= 4 is 23.1 Å². The summed E-state index contributed by atoms with van der Waals surface area (Å²) in [6.07, 6.45) is 0. The number of hydrogen-bond acceptors (Lipinski definition) is 3. The molecule has 1 N–H and O–H groups in total. The predicted octanol–water partition coefficient (Wildman–Crippen LogP) is 5.38. The molecule has 0 radical (unpaired) electrons. The zero-order valence-corrected chi connectivity index (χ0v) is 17.5. The van der Waals surface area contributed by atoms with E-state index in [1.165, 1.54) is 23.1 Å². The SMILES string of the molecule is Cc1ccc(C)c(/C(O)=C2\C(=O)C(=O)N(c3cccc(F)c3)C2c2ccccc2C)c1. The maximum atomic E-state index is 14.0. The van der Waals surface area contributed by atoms with Gasteiger partial charge in [-0.3, -0.25) is 14.5 Å². The molecule has 3 aromatic rings. The van der Waals surface area contributed by atoms with E-state index in [1.54, 1.807) is 12.1 Å². The fourth-order valence-electron chi connectivity index (χ4n) is 4.05. The van der Waals surface area contributed by atoms with Crippen LogP contribution in [0, 0.1) is 26.6 Å². The molecule has 1 unspecified atom stereocenters. The molecule has 5 heteroatoms. The first-order valence-electron chi connectivity index (χ1n) is 9.99. The number of anilines is 1. The standard InChI is InChI=1S/C26H22FNO3/c1-15-11-12-17(3)21(13-15)24(29)22-23(20-10-5-4-7-16(20)2)28(26(31)25(22)30)19-9-6-8-18(27)14-19/h4-14,23,29H,1-3H3/b24-22+. The number of amides is 1. The Bertz CT molecular complexity index is 1240. The minimum atomic E-state index is -0.872. The second kappa shape index (κ2) is 7.84. The zero-order valence-electron chi connectivity index (χ0n) is 17.5. The number of ketones is 1. The molecular weight excluding hydrogens is 393 g/mol. The summed E-state index contributed by atoms with van der Waals surface area (Å²) < 4.78 is 14.0. The zero-order chi connectivity index (χ0) is 22.3. The van der Waals surface area contributed by atoms with Gasteiger partial charge in [0.1, 0.15) is 11.6 Å². The van der Waals surface area contributed by atoms with Crippen molar-refractivity contribution in [1.29, 1.82) is 0 Å². The number of Topliss-reactive ketones (excluding diaryl/α,β-unsaturated/α-hetero) is 1. The van der Waals surface area contributed by atoms with Crippen LogP contribution in [0.5, 0.6) is 0 Å². The van der Waals surface area contributed by atoms with E-state index in [-0.39, 0.29) is 17.0 Å². The molecule has 1 saturated heterocycles. The number of aliphatic hydroxyl groups excluding tert-OH is 1. The molecule has 0 bridgehead atoms. The number of carbonyl (C=O) groups excluding carboxylic acids is 2. The average molecular weight is 415 g/mol. The predicted molar refractivity (Wildman–Crippen MR) is 118 cm³/mol. The number of halogens is 1. The van der Waals surface area contributed by atoms with E-state index in [2.05, 4.69) is 0 Å². The lowest BCUT2D eigenvalue weighted by atomic mass is 9.91. The highest BCUT2D eigenvalue weighted by Gasteiger charge is 2.47. The molecule has 3 aromatic carbocycles. The molecule has 1 atom stereocenters. The van der Waals surface area contributed by atoms with Gasteiger partial charge in [-0.2, -0.15) is 0 Å². The molecule has 0 aliphatic carbocycles. The first-order valence-corrected chi connectivity index (χ1v) is 9.99. The number of aliphatic hydroxyl groups is 1. The molecule has 1 aliphatic heterocycles. The molecule has 4 rings (SSSR count). The highest BCUT2D eigenvalue weighted by Crippen LogP contribution is 2.43. The van der Waals surface area contributed by atoms with Crippen molar-refractivity contribution in [2.75, 3.05) is 4.90 Å². The summed E-state index contributed by atoms with van der Waals surface area (Å²) in [5.74, 6) is -2.34. The molecule has 156 valence electrons. The lowest BCUT2D eigenvalue weighted by Crippen LogP contribution is -2.29. The van der Waals surface area contributed by atoms with E-state index >= 15 is 0 Å². The Hall–Kier alpha value is -3.73. The van der Waals surface area contributed by atoms with Crippen molar-refractivity contribution in [3.8, 4) is 0 Å². The second-order valence-corrected chi connectivity index (χ2v) is 7.82. The molecule has 0 saturated carbocycles. The molecule has 31 heavy (non-hydrogen) atoms. The van der Waals surface area contributed by atoms with Gasteiger partial charge in [0, 0.05) is 11.3 Å². The number of benzene rings is 3. The lowest BCUT2D eigenvalue weighted by molar-refractivity contribution is -0.132. The quantitative estimate of drug-likeness (QED) is 0.355. The number of carbonyl (C=O) groups is 2. The first kappa shape index (κ1) is 20.5. The fourth-order valence-corrected chi connectivity index (χ4v) is 4.05. The van der Waals surface area contributed by atoms with Gasteiger partial charge in [-0.05, 0) is 61.7 Å². The molecule has 1 heterocycles. The summed E-state index contributed by atoms with van der Waals surface area (Å²) >= 11 is 0. The van der Waals surface area contributed by atoms with Crippen LogP contribution in [0.1, 0.15) is 33.9 Å². The molecule has 0 spiro atoms. The minimum absolute atomic E-state index is 0.00254. The van der Waals surface area contributed by atoms with Gasteiger partial charge in [-0.1, -0.05) is 48.0 Å². The van der Waals surface area contributed by atoms with E-state index in [4.69, 9.17) is 0 Å².